The van der Waals surface area contributed by atoms with Crippen LogP contribution in [0.2, 0.25) is 0 Å². The zero-order valence-corrected chi connectivity index (χ0v) is 6.65. The van der Waals surface area contributed by atoms with Crippen molar-refractivity contribution in [3.63, 3.8) is 0 Å². The molecule has 0 amide bonds. The molecule has 0 saturated heterocycles. The summed E-state index contributed by atoms with van der Waals surface area (Å²) in [6, 6.07) is 0. The van der Waals surface area contributed by atoms with Crippen LogP contribution in [0.3, 0.4) is 0 Å². The van der Waals surface area contributed by atoms with Crippen LogP contribution in [0.5, 0.6) is 0 Å². The summed E-state index contributed by atoms with van der Waals surface area (Å²) in [5.74, 6) is 0. The second-order valence-electron chi connectivity index (χ2n) is 0.854. The molecule has 0 aromatic heterocycles. The van der Waals surface area contributed by atoms with Gasteiger partial charge in [-0.1, -0.05) is 13.3 Å². The van der Waals surface area contributed by atoms with Crippen LogP contribution in [-0.4, -0.2) is 0 Å². The Morgan fingerprint density at radius 2 is 1.80 bits per heavy atom. The van der Waals surface area contributed by atoms with Gasteiger partial charge in [0, 0.05) is 14.3 Å². The molecule has 0 atom stereocenters. The molecule has 0 aromatic carbocycles. The van der Waals surface area contributed by atoms with Crippen LogP contribution < -0.4 is 0 Å². The van der Waals surface area contributed by atoms with Crippen LogP contribution in [-0.2, 0) is 0 Å². The summed E-state index contributed by atoms with van der Waals surface area (Å²) in [6.45, 7) is 5.72. The van der Waals surface area contributed by atoms with Gasteiger partial charge in [-0.15, -0.1) is 0 Å². The Balaban J connectivity index is 0. The molecule has 0 heterocycles. The van der Waals surface area contributed by atoms with Crippen molar-refractivity contribution in [2.75, 3.05) is 0 Å². The zero-order chi connectivity index (χ0) is 3.41. The summed E-state index contributed by atoms with van der Waals surface area (Å²) >= 11 is 0. The number of hydrogen-bond acceptors (Lipinski definition) is 0. The topological polar surface area (TPSA) is 0 Å². The normalized spacial score (nSPS) is 6.00. The Morgan fingerprint density at radius 1 is 1.60 bits per heavy atom. The van der Waals surface area contributed by atoms with E-state index in [9.17, 15) is 0 Å². The molecule has 0 aliphatic rings. The van der Waals surface area contributed by atoms with Crippen LogP contribution in [0.25, 0.3) is 0 Å². The molecule has 0 N–H and O–H groups in total. The monoisotopic (exact) mass is 298 g/mol. The Hall–Kier alpha value is 0.390. The molecule has 0 saturated carbocycles. The van der Waals surface area contributed by atoms with E-state index < -0.39 is 0 Å². The first-order chi connectivity index (χ1) is 1.91. The smallest absolute Gasteiger partial charge is 0 e. The summed E-state index contributed by atoms with van der Waals surface area (Å²) in [4.78, 5) is 0. The van der Waals surface area contributed by atoms with E-state index in [1.165, 1.54) is 6.42 Å². The predicted molar refractivity (Wildman–Crippen MR) is 20.3 cm³/mol. The summed E-state index contributed by atoms with van der Waals surface area (Å²) in [6.07, 6.45) is 2.28. The van der Waals surface area contributed by atoms with Gasteiger partial charge in [-0.25, -0.2) is 0 Å². The van der Waals surface area contributed by atoms with Gasteiger partial charge in [0.25, 0.3) is 0 Å². The molecule has 0 spiro atoms. The summed E-state index contributed by atoms with van der Waals surface area (Å²) in [5.41, 5.74) is 0. The van der Waals surface area contributed by atoms with Crippen molar-refractivity contribution in [2.24, 2.45) is 0 Å². The van der Waals surface area contributed by atoms with Crippen LogP contribution in [0.1, 0.15) is 19.8 Å². The van der Waals surface area contributed by atoms with Crippen molar-refractivity contribution in [1.82, 2.24) is 0 Å². The Labute approximate surface area is 41.8 Å². The van der Waals surface area contributed by atoms with Gasteiger partial charge in [0.1, 0.15) is 0 Å². The van der Waals surface area contributed by atoms with Gasteiger partial charge in [-0.05, 0) is 0 Å². The van der Waals surface area contributed by atoms with Gasteiger partial charge >= 0.3 is 0 Å². The van der Waals surface area contributed by atoms with Crippen molar-refractivity contribution in [2.45, 2.75) is 19.8 Å². The molecule has 1 radical (unpaired) electrons. The van der Waals surface area contributed by atoms with E-state index in [1.54, 1.807) is 0 Å². The van der Waals surface area contributed by atoms with Crippen LogP contribution in [0.4, 0.5) is 0 Å². The molecule has 1 heteroatoms. The molecular weight excluding hydrogens is 291 g/mol. The van der Waals surface area contributed by atoms with Crippen LogP contribution >= 0.6 is 0 Å². The first-order valence-electron chi connectivity index (χ1n) is 1.71. The fourth-order valence-electron chi connectivity index (χ4n) is 0. The summed E-state index contributed by atoms with van der Waals surface area (Å²) in [7, 11) is 0. The minimum Gasteiger partial charge on any atom is -0.343 e. The average molecular weight is 300 g/mol. The number of unbranched alkanes of at least 4 members (excludes halogenated alkanes) is 1. The third-order valence-corrected chi connectivity index (χ3v) is 0.354. The molecule has 0 fully saturated rings. The Kier molecular flexibility index (Phi) is 16.0. The third-order valence-electron chi connectivity index (χ3n) is 0.354. The van der Waals surface area contributed by atoms with Crippen molar-refractivity contribution in [3.8, 4) is 0 Å². The summed E-state index contributed by atoms with van der Waals surface area (Å²) in [5, 5.41) is 0. The van der Waals surface area contributed by atoms with Gasteiger partial charge in [-0.3, -0.25) is 0 Å². The van der Waals surface area contributed by atoms with E-state index >= 15 is 0 Å². The summed E-state index contributed by atoms with van der Waals surface area (Å²) < 4.78 is 0. The van der Waals surface area contributed by atoms with E-state index in [2.05, 4.69) is 13.8 Å². The molecule has 0 rings (SSSR count). The number of hydrogen-bond donors (Lipinski definition) is 0. The molecule has 0 unspecified atom stereocenters. The third kappa shape index (κ3) is 13.0. The van der Waals surface area contributed by atoms with E-state index in [4.69, 9.17) is 0 Å². The second-order valence-corrected chi connectivity index (χ2v) is 0.854. The van der Waals surface area contributed by atoms with Crippen molar-refractivity contribution < 1.29 is 14.3 Å². The maximum absolute atomic E-state index is 3.60. The molecule has 5 heavy (non-hydrogen) atoms. The molecule has 0 aliphatic heterocycles. The minimum atomic E-state index is 0. The van der Waals surface area contributed by atoms with Gasteiger partial charge in [-0.2, -0.15) is 6.42 Å². The second kappa shape index (κ2) is 8.83. The van der Waals surface area contributed by atoms with E-state index in [-0.39, 0.29) is 14.3 Å². The van der Waals surface area contributed by atoms with Gasteiger partial charge in [0.15, 0.2) is 0 Å². The molecule has 0 aromatic rings. The fourth-order valence-corrected chi connectivity index (χ4v) is 0. The first-order valence-corrected chi connectivity index (χ1v) is 1.71. The molecule has 0 bridgehead atoms. The average Bonchev–Trinajstić information content (AvgIpc) is 1.37. The van der Waals surface area contributed by atoms with E-state index in [0.29, 0.717) is 0 Å². The number of rotatable bonds is 1. The Bertz CT molecular complexity index is 5.61. The fraction of sp³-hybridized carbons (Fsp3) is 0.750. The quantitative estimate of drug-likeness (QED) is 0.646. The van der Waals surface area contributed by atoms with Crippen molar-refractivity contribution in [1.29, 1.82) is 0 Å². The first kappa shape index (κ1) is 9.04. The van der Waals surface area contributed by atoms with Crippen molar-refractivity contribution in [3.05, 3.63) is 6.92 Å². The standard InChI is InChI=1S/C4H9.Am/c1-3-4-2;/h1,3-4H2,2H3;/q-1;. The molecule has 0 aliphatic carbocycles. The van der Waals surface area contributed by atoms with Gasteiger partial charge < -0.3 is 6.92 Å². The van der Waals surface area contributed by atoms with Crippen LogP contribution in [0, 0.1) is 21.2 Å². The van der Waals surface area contributed by atoms with Crippen molar-refractivity contribution >= 4 is 0 Å². The predicted octanol–water partition coefficient (Wildman–Crippen LogP) is 1.62. The minimum absolute atomic E-state index is 0. The van der Waals surface area contributed by atoms with E-state index in [0.717, 1.165) is 6.42 Å². The maximum Gasteiger partial charge on any atom is 0 e. The molecule has 0 nitrogen and oxygen atoms in total. The zero-order valence-electron chi connectivity index (χ0n) is 3.50. The molecular formula is C4H9Am-. The Morgan fingerprint density at radius 3 is 1.80 bits per heavy atom. The van der Waals surface area contributed by atoms with Gasteiger partial charge in [0.2, 0.25) is 0 Å². The maximum atomic E-state index is 3.60. The van der Waals surface area contributed by atoms with E-state index in [1.807, 2.05) is 0 Å². The SMILES string of the molecule is [Am].[CH2-]CCC. The van der Waals surface area contributed by atoms with Gasteiger partial charge in [0.05, 0.1) is 0 Å². The molecule has 33 valence electrons. The largest absolute Gasteiger partial charge is 0.343 e. The van der Waals surface area contributed by atoms with Crippen LogP contribution in [0.15, 0.2) is 0 Å².